The lowest BCUT2D eigenvalue weighted by Gasteiger charge is -2.08. The maximum absolute atomic E-state index is 4.54. The number of fused-ring (bicyclic) bond motifs is 1. The fourth-order valence-corrected chi connectivity index (χ4v) is 2.62. The zero-order valence-corrected chi connectivity index (χ0v) is 12.9. The van der Waals surface area contributed by atoms with Crippen molar-refractivity contribution in [3.8, 4) is 0 Å². The SMILES string of the molecule is Cc1nc2ccc(NCc3cn(C)nc3C(C)C)cc2[nH]1. The molecule has 0 saturated heterocycles. The van der Waals surface area contributed by atoms with Crippen molar-refractivity contribution in [1.82, 2.24) is 19.7 Å². The molecule has 1 aromatic carbocycles. The maximum Gasteiger partial charge on any atom is 0.104 e. The summed E-state index contributed by atoms with van der Waals surface area (Å²) in [6.07, 6.45) is 2.08. The van der Waals surface area contributed by atoms with Crippen LogP contribution in [0.25, 0.3) is 11.0 Å². The largest absolute Gasteiger partial charge is 0.381 e. The van der Waals surface area contributed by atoms with Gasteiger partial charge in [-0.2, -0.15) is 5.10 Å². The molecule has 5 heteroatoms. The number of benzene rings is 1. The van der Waals surface area contributed by atoms with E-state index in [1.54, 1.807) is 0 Å². The Morgan fingerprint density at radius 1 is 1.33 bits per heavy atom. The Balaban J connectivity index is 1.79. The molecule has 0 amide bonds. The standard InChI is InChI=1S/C16H21N5/c1-10(2)16-12(9-21(4)20-16)8-17-13-5-6-14-15(7-13)19-11(3)18-14/h5-7,9-10,17H,8H2,1-4H3,(H,18,19). The number of H-pyrrole nitrogens is 1. The monoisotopic (exact) mass is 283 g/mol. The molecule has 0 saturated carbocycles. The van der Waals surface area contributed by atoms with Crippen molar-refractivity contribution in [2.75, 3.05) is 5.32 Å². The second kappa shape index (κ2) is 5.24. The second-order valence-corrected chi connectivity index (χ2v) is 5.78. The van der Waals surface area contributed by atoms with Crippen molar-refractivity contribution in [1.29, 1.82) is 0 Å². The first kappa shape index (κ1) is 13.7. The number of aromatic amines is 1. The normalized spacial score (nSPS) is 11.5. The van der Waals surface area contributed by atoms with E-state index in [4.69, 9.17) is 0 Å². The van der Waals surface area contributed by atoms with Crippen molar-refractivity contribution in [3.05, 3.63) is 41.5 Å². The Morgan fingerprint density at radius 2 is 2.14 bits per heavy atom. The molecule has 2 heterocycles. The number of hydrogen-bond donors (Lipinski definition) is 2. The molecule has 110 valence electrons. The lowest BCUT2D eigenvalue weighted by atomic mass is 10.1. The number of rotatable bonds is 4. The Labute approximate surface area is 124 Å². The van der Waals surface area contributed by atoms with Crippen LogP contribution in [0.3, 0.4) is 0 Å². The highest BCUT2D eigenvalue weighted by atomic mass is 15.3. The number of imidazole rings is 1. The van der Waals surface area contributed by atoms with E-state index in [0.29, 0.717) is 5.92 Å². The predicted molar refractivity (Wildman–Crippen MR) is 85.5 cm³/mol. The van der Waals surface area contributed by atoms with Gasteiger partial charge in [-0.15, -0.1) is 0 Å². The average molecular weight is 283 g/mol. The Hall–Kier alpha value is -2.30. The van der Waals surface area contributed by atoms with Crippen LogP contribution in [-0.4, -0.2) is 19.7 Å². The molecule has 2 aromatic heterocycles. The minimum atomic E-state index is 0.431. The van der Waals surface area contributed by atoms with Gasteiger partial charge in [0.2, 0.25) is 0 Å². The van der Waals surface area contributed by atoms with Crippen LogP contribution in [0.2, 0.25) is 0 Å². The highest BCUT2D eigenvalue weighted by Crippen LogP contribution is 2.21. The smallest absolute Gasteiger partial charge is 0.104 e. The molecule has 0 aliphatic carbocycles. The molecule has 0 aliphatic rings. The summed E-state index contributed by atoms with van der Waals surface area (Å²) < 4.78 is 1.88. The first-order valence-corrected chi connectivity index (χ1v) is 7.25. The quantitative estimate of drug-likeness (QED) is 0.772. The van der Waals surface area contributed by atoms with Gasteiger partial charge in [0.25, 0.3) is 0 Å². The van der Waals surface area contributed by atoms with Crippen LogP contribution < -0.4 is 5.32 Å². The van der Waals surface area contributed by atoms with Crippen molar-refractivity contribution in [2.45, 2.75) is 33.2 Å². The summed E-state index contributed by atoms with van der Waals surface area (Å²) in [5, 5.41) is 8.01. The van der Waals surface area contributed by atoms with E-state index in [0.717, 1.165) is 34.8 Å². The fraction of sp³-hybridized carbons (Fsp3) is 0.375. The Kier molecular flexibility index (Phi) is 3.41. The topological polar surface area (TPSA) is 58.5 Å². The van der Waals surface area contributed by atoms with Gasteiger partial charge in [0.15, 0.2) is 0 Å². The molecule has 5 nitrogen and oxygen atoms in total. The van der Waals surface area contributed by atoms with Gasteiger partial charge < -0.3 is 10.3 Å². The van der Waals surface area contributed by atoms with Gasteiger partial charge in [-0.3, -0.25) is 4.68 Å². The third-order valence-electron chi connectivity index (χ3n) is 3.57. The number of aryl methyl sites for hydroxylation is 2. The van der Waals surface area contributed by atoms with Crippen molar-refractivity contribution < 1.29 is 0 Å². The second-order valence-electron chi connectivity index (χ2n) is 5.78. The van der Waals surface area contributed by atoms with E-state index in [9.17, 15) is 0 Å². The molecule has 0 radical (unpaired) electrons. The molecular weight excluding hydrogens is 262 g/mol. The third kappa shape index (κ3) is 2.77. The summed E-state index contributed by atoms with van der Waals surface area (Å²) in [7, 11) is 1.97. The lowest BCUT2D eigenvalue weighted by Crippen LogP contribution is -2.02. The van der Waals surface area contributed by atoms with Gasteiger partial charge in [-0.1, -0.05) is 13.8 Å². The van der Waals surface area contributed by atoms with E-state index in [1.165, 1.54) is 5.56 Å². The summed E-state index contributed by atoms with van der Waals surface area (Å²) in [6, 6.07) is 6.20. The van der Waals surface area contributed by atoms with Gasteiger partial charge in [0.1, 0.15) is 5.82 Å². The van der Waals surface area contributed by atoms with Crippen molar-refractivity contribution in [2.24, 2.45) is 7.05 Å². The van der Waals surface area contributed by atoms with Crippen LogP contribution in [0, 0.1) is 6.92 Å². The van der Waals surface area contributed by atoms with Crippen LogP contribution in [0.1, 0.15) is 36.8 Å². The molecule has 3 rings (SSSR count). The van der Waals surface area contributed by atoms with Crippen LogP contribution in [-0.2, 0) is 13.6 Å². The van der Waals surface area contributed by atoms with Crippen LogP contribution >= 0.6 is 0 Å². The number of hydrogen-bond acceptors (Lipinski definition) is 3. The first-order chi connectivity index (χ1) is 10.0. The van der Waals surface area contributed by atoms with E-state index in [2.05, 4.69) is 52.6 Å². The number of nitrogens with one attached hydrogen (secondary N) is 2. The molecule has 0 spiro atoms. The molecule has 0 bridgehead atoms. The van der Waals surface area contributed by atoms with E-state index < -0.39 is 0 Å². The van der Waals surface area contributed by atoms with E-state index in [-0.39, 0.29) is 0 Å². The average Bonchev–Trinajstić information content (AvgIpc) is 2.97. The van der Waals surface area contributed by atoms with Crippen LogP contribution in [0.4, 0.5) is 5.69 Å². The first-order valence-electron chi connectivity index (χ1n) is 7.25. The zero-order chi connectivity index (χ0) is 15.0. The minimum absolute atomic E-state index is 0.431. The minimum Gasteiger partial charge on any atom is -0.381 e. The molecule has 21 heavy (non-hydrogen) atoms. The van der Waals surface area contributed by atoms with Crippen LogP contribution in [0.5, 0.6) is 0 Å². The fourth-order valence-electron chi connectivity index (χ4n) is 2.62. The van der Waals surface area contributed by atoms with Crippen LogP contribution in [0.15, 0.2) is 24.4 Å². The lowest BCUT2D eigenvalue weighted by molar-refractivity contribution is 0.712. The highest BCUT2D eigenvalue weighted by molar-refractivity contribution is 5.79. The Morgan fingerprint density at radius 3 is 2.90 bits per heavy atom. The summed E-state index contributed by atoms with van der Waals surface area (Å²) in [5.74, 6) is 1.37. The molecule has 0 aliphatic heterocycles. The van der Waals surface area contributed by atoms with Crippen molar-refractivity contribution in [3.63, 3.8) is 0 Å². The molecule has 0 atom stereocenters. The van der Waals surface area contributed by atoms with Gasteiger partial charge >= 0.3 is 0 Å². The van der Waals surface area contributed by atoms with Crippen molar-refractivity contribution >= 4 is 16.7 Å². The molecular formula is C16H21N5. The van der Waals surface area contributed by atoms with Gasteiger partial charge in [0.05, 0.1) is 16.7 Å². The summed E-state index contributed by atoms with van der Waals surface area (Å²) in [4.78, 5) is 7.68. The molecule has 0 unspecified atom stereocenters. The van der Waals surface area contributed by atoms with E-state index in [1.807, 2.05) is 24.7 Å². The van der Waals surface area contributed by atoms with E-state index >= 15 is 0 Å². The Bertz CT molecular complexity index is 766. The molecule has 0 fully saturated rings. The summed E-state index contributed by atoms with van der Waals surface area (Å²) in [6.45, 7) is 7.09. The molecule has 2 N–H and O–H groups in total. The number of anilines is 1. The zero-order valence-electron chi connectivity index (χ0n) is 12.9. The predicted octanol–water partition coefficient (Wildman–Crippen LogP) is 3.34. The van der Waals surface area contributed by atoms with Gasteiger partial charge in [0, 0.05) is 31.0 Å². The number of aromatic nitrogens is 4. The summed E-state index contributed by atoms with van der Waals surface area (Å²) >= 11 is 0. The third-order valence-corrected chi connectivity index (χ3v) is 3.57. The van der Waals surface area contributed by atoms with Gasteiger partial charge in [-0.25, -0.2) is 4.98 Å². The number of nitrogens with zero attached hydrogens (tertiary/aromatic N) is 3. The maximum atomic E-state index is 4.54. The molecule has 3 aromatic rings. The highest BCUT2D eigenvalue weighted by Gasteiger charge is 2.11. The van der Waals surface area contributed by atoms with Gasteiger partial charge in [-0.05, 0) is 31.0 Å². The summed E-state index contributed by atoms with van der Waals surface area (Å²) in [5.41, 5.74) is 5.55.